The second-order valence-corrected chi connectivity index (χ2v) is 12.8. The molecule has 2 N–H and O–H groups in total. The van der Waals surface area contributed by atoms with E-state index in [1.165, 1.54) is 47.6 Å². The molecular weight excluding hydrogens is 627 g/mol. The number of nitrogens with zero attached hydrogens (tertiary/aromatic N) is 4. The number of carbonyl (C=O) groups is 3. The van der Waals surface area contributed by atoms with Crippen LogP contribution in [0.25, 0.3) is 0 Å². The lowest BCUT2D eigenvalue weighted by atomic mass is 9.90. The molecule has 2 fully saturated rings. The first-order chi connectivity index (χ1) is 23.0. The molecule has 260 valence electrons. The molecule has 0 aliphatic carbocycles. The summed E-state index contributed by atoms with van der Waals surface area (Å²) < 4.78 is 46.1. The molecule has 2 aromatic rings. The summed E-state index contributed by atoms with van der Waals surface area (Å²) in [5.74, 6) is -0.523. The van der Waals surface area contributed by atoms with Gasteiger partial charge in [-0.05, 0) is 104 Å². The highest BCUT2D eigenvalue weighted by Crippen LogP contribution is 2.38. The molecule has 2 aromatic carbocycles. The fraction of sp³-hybridized carbons (Fsp3) is 0.514. The number of nitrogens with one attached hydrogen (secondary N) is 1. The number of likely N-dealkylation sites (tertiary alicyclic amines) is 1. The number of carbonyl (C=O) groups excluding carboxylic acids is 3. The third-order valence-corrected chi connectivity index (χ3v) is 9.32. The van der Waals surface area contributed by atoms with Crippen molar-refractivity contribution in [1.29, 1.82) is 0 Å². The largest absolute Gasteiger partial charge is 0.508 e. The first kappa shape index (κ1) is 35.4. The van der Waals surface area contributed by atoms with E-state index >= 15 is 0 Å². The number of amides is 3. The van der Waals surface area contributed by atoms with E-state index in [-0.39, 0.29) is 24.1 Å². The van der Waals surface area contributed by atoms with Crippen LogP contribution < -0.4 is 10.3 Å². The Morgan fingerprint density at radius 2 is 1.83 bits per heavy atom. The molecule has 3 amide bonds. The van der Waals surface area contributed by atoms with Crippen molar-refractivity contribution in [1.82, 2.24) is 20.1 Å². The average molecular weight is 672 g/mol. The van der Waals surface area contributed by atoms with Crippen molar-refractivity contribution in [3.63, 3.8) is 0 Å². The summed E-state index contributed by atoms with van der Waals surface area (Å²) >= 11 is 0. The summed E-state index contributed by atoms with van der Waals surface area (Å²) in [6.45, 7) is 7.25. The van der Waals surface area contributed by atoms with Crippen LogP contribution in [0.15, 0.2) is 48.2 Å². The quantitative estimate of drug-likeness (QED) is 0.358. The molecule has 4 aliphatic heterocycles. The van der Waals surface area contributed by atoms with Crippen LogP contribution in [0.1, 0.15) is 78.4 Å². The first-order valence-corrected chi connectivity index (χ1v) is 16.6. The summed E-state index contributed by atoms with van der Waals surface area (Å²) in [6, 6.07) is 8.37. The molecule has 10 nitrogen and oxygen atoms in total. The number of halogens is 3. The van der Waals surface area contributed by atoms with Crippen LogP contribution in [-0.2, 0) is 27.0 Å². The van der Waals surface area contributed by atoms with Crippen molar-refractivity contribution in [3.05, 3.63) is 70.4 Å². The minimum absolute atomic E-state index is 0.0859. The summed E-state index contributed by atoms with van der Waals surface area (Å²) in [7, 11) is 1.93. The number of imide groups is 1. The van der Waals surface area contributed by atoms with Crippen molar-refractivity contribution in [2.45, 2.75) is 70.1 Å². The zero-order valence-corrected chi connectivity index (χ0v) is 27.5. The van der Waals surface area contributed by atoms with Gasteiger partial charge in [0.2, 0.25) is 12.3 Å². The Hall–Kier alpha value is -3.94. The molecule has 0 bridgehead atoms. The molecule has 0 saturated carbocycles. The van der Waals surface area contributed by atoms with Crippen molar-refractivity contribution in [2.24, 2.45) is 0 Å². The lowest BCUT2D eigenvalue weighted by Crippen LogP contribution is -2.46. The van der Waals surface area contributed by atoms with E-state index in [2.05, 4.69) is 10.2 Å². The van der Waals surface area contributed by atoms with Crippen LogP contribution in [0.2, 0.25) is 0 Å². The monoisotopic (exact) mass is 671 g/mol. The fourth-order valence-corrected chi connectivity index (χ4v) is 6.91. The van der Waals surface area contributed by atoms with Gasteiger partial charge in [-0.2, -0.15) is 13.2 Å². The van der Waals surface area contributed by atoms with Gasteiger partial charge in [0.1, 0.15) is 11.8 Å². The predicted molar refractivity (Wildman–Crippen MR) is 174 cm³/mol. The Kier molecular flexibility index (Phi) is 11.4. The minimum Gasteiger partial charge on any atom is -0.508 e. The zero-order valence-electron chi connectivity index (χ0n) is 27.5. The minimum atomic E-state index is -4.35. The van der Waals surface area contributed by atoms with Gasteiger partial charge >= 0.3 is 6.18 Å². The number of rotatable bonds is 9. The van der Waals surface area contributed by atoms with Gasteiger partial charge < -0.3 is 14.7 Å². The Morgan fingerprint density at radius 1 is 1.10 bits per heavy atom. The van der Waals surface area contributed by atoms with E-state index in [9.17, 15) is 32.7 Å². The van der Waals surface area contributed by atoms with Crippen molar-refractivity contribution < 1.29 is 37.4 Å². The van der Waals surface area contributed by atoms with Gasteiger partial charge in [-0.1, -0.05) is 13.3 Å². The van der Waals surface area contributed by atoms with Gasteiger partial charge in [-0.15, -0.1) is 0 Å². The SMILES string of the molecule is CCCC(C(=O)NC=O)N1Cc2cc(O)ccc2C1=O.CN1CC(CN2CCCC2)=CN1c1cc(C2CCOCC2)cc(C(F)(F)F)c1. The maximum atomic E-state index is 13.6. The number of phenols is 1. The highest BCUT2D eigenvalue weighted by atomic mass is 19.4. The highest BCUT2D eigenvalue weighted by Gasteiger charge is 2.36. The maximum Gasteiger partial charge on any atom is 0.416 e. The van der Waals surface area contributed by atoms with Gasteiger partial charge in [-0.25, -0.2) is 5.01 Å². The van der Waals surface area contributed by atoms with Crippen molar-refractivity contribution in [3.8, 4) is 5.75 Å². The van der Waals surface area contributed by atoms with Crippen LogP contribution in [0.3, 0.4) is 0 Å². The number of hydrazine groups is 1. The van der Waals surface area contributed by atoms with Gasteiger partial charge in [0.25, 0.3) is 5.91 Å². The highest BCUT2D eigenvalue weighted by molar-refractivity contribution is 6.02. The molecule has 1 atom stereocenters. The topological polar surface area (TPSA) is 106 Å². The van der Waals surface area contributed by atoms with Gasteiger partial charge in [0, 0.05) is 51.7 Å². The van der Waals surface area contributed by atoms with E-state index in [0.29, 0.717) is 49.3 Å². The molecule has 1 unspecified atom stereocenters. The van der Waals surface area contributed by atoms with Crippen LogP contribution in [-0.4, -0.2) is 90.6 Å². The second kappa shape index (κ2) is 15.5. The van der Waals surface area contributed by atoms with E-state index in [4.69, 9.17) is 4.74 Å². The number of aromatic hydroxyl groups is 1. The van der Waals surface area contributed by atoms with Crippen molar-refractivity contribution >= 4 is 23.9 Å². The Morgan fingerprint density at radius 3 is 2.50 bits per heavy atom. The zero-order chi connectivity index (χ0) is 34.4. The molecule has 48 heavy (non-hydrogen) atoms. The predicted octanol–water partition coefficient (Wildman–Crippen LogP) is 5.04. The Balaban J connectivity index is 0.000000199. The van der Waals surface area contributed by atoms with Crippen LogP contribution in [0.5, 0.6) is 5.75 Å². The second-order valence-electron chi connectivity index (χ2n) is 12.8. The summed E-state index contributed by atoms with van der Waals surface area (Å²) in [5, 5.41) is 15.4. The molecule has 4 aliphatic rings. The van der Waals surface area contributed by atoms with E-state index in [1.54, 1.807) is 6.07 Å². The van der Waals surface area contributed by atoms with Gasteiger partial charge in [0.15, 0.2) is 0 Å². The average Bonchev–Trinajstić information content (AvgIpc) is 3.79. The molecule has 4 heterocycles. The number of ether oxygens (including phenoxy) is 1. The van der Waals surface area contributed by atoms with Crippen LogP contribution >= 0.6 is 0 Å². The molecular formula is C35H44F3N5O5. The van der Waals surface area contributed by atoms with Crippen LogP contribution in [0, 0.1) is 0 Å². The smallest absolute Gasteiger partial charge is 0.416 e. The number of fused-ring (bicyclic) bond motifs is 1. The number of likely N-dealkylation sites (N-methyl/N-ethyl adjacent to an activating group) is 1. The third kappa shape index (κ3) is 8.37. The first-order valence-electron chi connectivity index (χ1n) is 16.6. The summed E-state index contributed by atoms with van der Waals surface area (Å²) in [6.07, 6.45) is 3.18. The standard InChI is InChI=1S/C21H28F3N3O.C14H16N2O4/c1-25-13-16(14-26-6-2-3-7-26)15-27(25)20-11-18(17-4-8-28-9-5-17)10-19(12-20)21(22,23)24;1-2-3-12(13(19)15-8-17)16-7-9-6-10(18)4-5-11(9)14(16)20/h10-12,15,17H,2-9,13-14H2,1H3;4-6,8,12,18H,2-3,7H2,1H3,(H,15,17,19). The molecule has 0 aromatic heterocycles. The number of hydrogen-bond acceptors (Lipinski definition) is 8. The number of phenolic OH excluding ortho intramolecular Hbond substituents is 1. The fourth-order valence-electron chi connectivity index (χ4n) is 6.91. The summed E-state index contributed by atoms with van der Waals surface area (Å²) in [5.41, 5.74) is 3.21. The summed E-state index contributed by atoms with van der Waals surface area (Å²) in [4.78, 5) is 38.5. The van der Waals surface area contributed by atoms with Gasteiger partial charge in [-0.3, -0.25) is 29.6 Å². The number of anilines is 1. The van der Waals surface area contributed by atoms with E-state index in [0.717, 1.165) is 44.6 Å². The lowest BCUT2D eigenvalue weighted by Gasteiger charge is -2.28. The van der Waals surface area contributed by atoms with Crippen LogP contribution in [0.4, 0.5) is 18.9 Å². The number of benzene rings is 2. The molecule has 0 spiro atoms. The molecule has 2 saturated heterocycles. The molecule has 6 rings (SSSR count). The molecule has 13 heteroatoms. The maximum absolute atomic E-state index is 13.6. The Bertz CT molecular complexity index is 1500. The normalized spacial score (nSPS) is 19.5. The molecule has 0 radical (unpaired) electrons. The van der Waals surface area contributed by atoms with E-state index < -0.39 is 23.7 Å². The lowest BCUT2D eigenvalue weighted by molar-refractivity contribution is -0.137. The van der Waals surface area contributed by atoms with Crippen molar-refractivity contribution in [2.75, 3.05) is 51.4 Å². The number of alkyl halides is 3. The third-order valence-electron chi connectivity index (χ3n) is 9.32. The van der Waals surface area contributed by atoms with Gasteiger partial charge in [0.05, 0.1) is 11.3 Å². The Labute approximate surface area is 279 Å². The number of hydrogen-bond donors (Lipinski definition) is 2. The van der Waals surface area contributed by atoms with E-state index in [1.807, 2.05) is 36.3 Å².